The Morgan fingerprint density at radius 3 is 2.95 bits per heavy atom. The first-order valence-corrected chi connectivity index (χ1v) is 6.41. The summed E-state index contributed by atoms with van der Waals surface area (Å²) in [5.41, 5.74) is 1.84. The molecule has 0 saturated carbocycles. The molecular formula is C15H11N3O3. The van der Waals surface area contributed by atoms with Crippen molar-refractivity contribution in [2.45, 2.75) is 0 Å². The third kappa shape index (κ3) is 1.66. The number of benzene rings is 2. The van der Waals surface area contributed by atoms with Crippen molar-refractivity contribution in [3.05, 3.63) is 52.9 Å². The van der Waals surface area contributed by atoms with Crippen LogP contribution in [0.1, 0.15) is 0 Å². The van der Waals surface area contributed by atoms with Gasteiger partial charge in [-0.1, -0.05) is 17.3 Å². The number of para-hydroxylation sites is 2. The number of rotatable bonds is 2. The third-order valence-corrected chi connectivity index (χ3v) is 3.46. The number of methoxy groups -OCH3 is 1. The topological polar surface area (TPSA) is 73.0 Å². The summed E-state index contributed by atoms with van der Waals surface area (Å²) in [5, 5.41) is 4.79. The molecule has 0 saturated heterocycles. The molecule has 0 atom stereocenters. The fourth-order valence-electron chi connectivity index (χ4n) is 2.46. The molecule has 104 valence electrons. The maximum atomic E-state index is 12.2. The van der Waals surface area contributed by atoms with E-state index in [9.17, 15) is 4.79 Å². The summed E-state index contributed by atoms with van der Waals surface area (Å²) in [5.74, 6) is 1.14. The molecule has 0 aliphatic carbocycles. The Labute approximate surface area is 118 Å². The SMILES string of the molecule is COc1ccc2c(-n3c(=O)[nH]c4ccccc43)noc2c1. The number of nitrogens with zero attached hydrogens (tertiary/aromatic N) is 2. The summed E-state index contributed by atoms with van der Waals surface area (Å²) in [6.07, 6.45) is 0. The minimum absolute atomic E-state index is 0.248. The second-order valence-corrected chi connectivity index (χ2v) is 4.65. The van der Waals surface area contributed by atoms with Crippen LogP contribution >= 0.6 is 0 Å². The van der Waals surface area contributed by atoms with Gasteiger partial charge in [-0.25, -0.2) is 9.36 Å². The van der Waals surface area contributed by atoms with E-state index in [1.54, 1.807) is 13.2 Å². The maximum absolute atomic E-state index is 12.2. The Morgan fingerprint density at radius 2 is 2.10 bits per heavy atom. The van der Waals surface area contributed by atoms with Gasteiger partial charge in [0.15, 0.2) is 11.4 Å². The molecule has 4 aromatic rings. The van der Waals surface area contributed by atoms with Crippen LogP contribution in [0, 0.1) is 0 Å². The summed E-state index contributed by atoms with van der Waals surface area (Å²) in [7, 11) is 1.59. The molecule has 0 spiro atoms. The van der Waals surface area contributed by atoms with Gasteiger partial charge in [0, 0.05) is 6.07 Å². The average molecular weight is 281 g/mol. The highest BCUT2D eigenvalue weighted by atomic mass is 16.5. The highest BCUT2D eigenvalue weighted by Crippen LogP contribution is 2.26. The predicted octanol–water partition coefficient (Wildman–Crippen LogP) is 2.47. The minimum Gasteiger partial charge on any atom is -0.497 e. The molecule has 0 bridgehead atoms. The van der Waals surface area contributed by atoms with Crippen LogP contribution in [0.3, 0.4) is 0 Å². The molecule has 1 N–H and O–H groups in total. The van der Waals surface area contributed by atoms with Crippen LogP contribution < -0.4 is 10.4 Å². The molecule has 0 aliphatic rings. The molecule has 0 radical (unpaired) electrons. The van der Waals surface area contributed by atoms with Gasteiger partial charge in [0.2, 0.25) is 0 Å². The zero-order chi connectivity index (χ0) is 14.4. The van der Waals surface area contributed by atoms with Gasteiger partial charge in [0.05, 0.1) is 23.5 Å². The number of hydrogen-bond acceptors (Lipinski definition) is 4. The van der Waals surface area contributed by atoms with Crippen LogP contribution in [0.4, 0.5) is 0 Å². The van der Waals surface area contributed by atoms with Crippen LogP contribution in [0.25, 0.3) is 27.8 Å². The lowest BCUT2D eigenvalue weighted by Crippen LogP contribution is -2.15. The summed E-state index contributed by atoms with van der Waals surface area (Å²) in [6, 6.07) is 12.8. The van der Waals surface area contributed by atoms with Gasteiger partial charge < -0.3 is 14.2 Å². The number of aromatic nitrogens is 3. The van der Waals surface area contributed by atoms with Crippen LogP contribution in [-0.4, -0.2) is 21.8 Å². The second kappa shape index (κ2) is 4.24. The Morgan fingerprint density at radius 1 is 1.24 bits per heavy atom. The van der Waals surface area contributed by atoms with E-state index in [2.05, 4.69) is 10.1 Å². The zero-order valence-corrected chi connectivity index (χ0v) is 11.2. The lowest BCUT2D eigenvalue weighted by molar-refractivity contribution is 0.411. The van der Waals surface area contributed by atoms with Crippen molar-refractivity contribution in [1.82, 2.24) is 14.7 Å². The van der Waals surface area contributed by atoms with Crippen molar-refractivity contribution >= 4 is 22.0 Å². The smallest absolute Gasteiger partial charge is 0.332 e. The van der Waals surface area contributed by atoms with Gasteiger partial charge in [-0.05, 0) is 24.3 Å². The minimum atomic E-state index is -0.248. The van der Waals surface area contributed by atoms with Gasteiger partial charge in [0.25, 0.3) is 0 Å². The molecule has 2 heterocycles. The van der Waals surface area contributed by atoms with E-state index >= 15 is 0 Å². The molecule has 2 aromatic heterocycles. The number of H-pyrrole nitrogens is 1. The highest BCUT2D eigenvalue weighted by molar-refractivity contribution is 5.88. The van der Waals surface area contributed by atoms with Gasteiger partial charge in [-0.2, -0.15) is 0 Å². The average Bonchev–Trinajstić information content (AvgIpc) is 3.06. The van der Waals surface area contributed by atoms with Gasteiger partial charge >= 0.3 is 5.69 Å². The molecule has 6 nitrogen and oxygen atoms in total. The van der Waals surface area contributed by atoms with Gasteiger partial charge in [-0.3, -0.25) is 0 Å². The third-order valence-electron chi connectivity index (χ3n) is 3.46. The highest BCUT2D eigenvalue weighted by Gasteiger charge is 2.16. The molecule has 0 aliphatic heterocycles. The number of nitrogens with one attached hydrogen (secondary N) is 1. The normalized spacial score (nSPS) is 11.3. The van der Waals surface area contributed by atoms with E-state index in [0.29, 0.717) is 17.2 Å². The first-order chi connectivity index (χ1) is 10.3. The number of fused-ring (bicyclic) bond motifs is 2. The molecule has 4 rings (SSSR count). The molecule has 0 unspecified atom stereocenters. The Kier molecular flexibility index (Phi) is 2.38. The van der Waals surface area contributed by atoms with E-state index < -0.39 is 0 Å². The van der Waals surface area contributed by atoms with Crippen LogP contribution in [0.2, 0.25) is 0 Å². The molecule has 2 aromatic carbocycles. The number of imidazole rings is 1. The molecule has 6 heteroatoms. The van der Waals surface area contributed by atoms with E-state index in [1.807, 2.05) is 36.4 Å². The first kappa shape index (κ1) is 11.8. The van der Waals surface area contributed by atoms with E-state index in [0.717, 1.165) is 16.4 Å². The summed E-state index contributed by atoms with van der Waals surface area (Å²) in [4.78, 5) is 15.0. The fraction of sp³-hybridized carbons (Fsp3) is 0.0667. The number of hydrogen-bond donors (Lipinski definition) is 1. The summed E-state index contributed by atoms with van der Waals surface area (Å²) in [6.45, 7) is 0. The van der Waals surface area contributed by atoms with E-state index in [-0.39, 0.29) is 5.69 Å². The van der Waals surface area contributed by atoms with Crippen molar-refractivity contribution in [3.63, 3.8) is 0 Å². The summed E-state index contributed by atoms with van der Waals surface area (Å²) < 4.78 is 12.0. The van der Waals surface area contributed by atoms with Gasteiger partial charge in [-0.15, -0.1) is 0 Å². The van der Waals surface area contributed by atoms with Crippen molar-refractivity contribution in [1.29, 1.82) is 0 Å². The Bertz CT molecular complexity index is 1010. The summed E-state index contributed by atoms with van der Waals surface area (Å²) >= 11 is 0. The molecule has 0 amide bonds. The molecule has 21 heavy (non-hydrogen) atoms. The van der Waals surface area contributed by atoms with Crippen molar-refractivity contribution in [2.24, 2.45) is 0 Å². The number of aromatic amines is 1. The molecule has 0 fully saturated rings. The lowest BCUT2D eigenvalue weighted by atomic mass is 10.2. The zero-order valence-electron chi connectivity index (χ0n) is 11.2. The fourth-order valence-corrected chi connectivity index (χ4v) is 2.46. The predicted molar refractivity (Wildman–Crippen MR) is 78.0 cm³/mol. The standard InChI is InChI=1S/C15H11N3O3/c1-20-9-6-7-10-13(8-9)21-17-14(10)18-12-5-3-2-4-11(12)16-15(18)19/h2-8H,1H3,(H,16,19). The second-order valence-electron chi connectivity index (χ2n) is 4.65. The maximum Gasteiger partial charge on any atom is 0.332 e. The quantitative estimate of drug-likeness (QED) is 0.612. The van der Waals surface area contributed by atoms with Crippen molar-refractivity contribution in [2.75, 3.05) is 7.11 Å². The van der Waals surface area contributed by atoms with Gasteiger partial charge in [0.1, 0.15) is 5.75 Å². The van der Waals surface area contributed by atoms with Crippen LogP contribution in [0.15, 0.2) is 51.8 Å². The monoisotopic (exact) mass is 281 g/mol. The first-order valence-electron chi connectivity index (χ1n) is 6.41. The van der Waals surface area contributed by atoms with Crippen molar-refractivity contribution < 1.29 is 9.26 Å². The van der Waals surface area contributed by atoms with Crippen LogP contribution in [0.5, 0.6) is 5.75 Å². The van der Waals surface area contributed by atoms with E-state index in [1.165, 1.54) is 4.57 Å². The lowest BCUT2D eigenvalue weighted by Gasteiger charge is -1.99. The largest absolute Gasteiger partial charge is 0.497 e. The van der Waals surface area contributed by atoms with Crippen molar-refractivity contribution in [3.8, 4) is 11.6 Å². The molecular weight excluding hydrogens is 270 g/mol. The Hall–Kier alpha value is -3.02. The van der Waals surface area contributed by atoms with Crippen LogP contribution in [-0.2, 0) is 0 Å². The Balaban J connectivity index is 2.05. The number of ether oxygens (including phenoxy) is 1. The van der Waals surface area contributed by atoms with E-state index in [4.69, 9.17) is 9.26 Å².